The summed E-state index contributed by atoms with van der Waals surface area (Å²) in [5.74, 6) is 0.780. The first-order valence-electron chi connectivity index (χ1n) is 9.14. The van der Waals surface area contributed by atoms with Crippen molar-refractivity contribution in [3.63, 3.8) is 0 Å². The van der Waals surface area contributed by atoms with Crippen molar-refractivity contribution in [3.8, 4) is 0 Å². The fourth-order valence-electron chi connectivity index (χ4n) is 4.08. The van der Waals surface area contributed by atoms with Gasteiger partial charge in [0.2, 0.25) is 5.91 Å². The fourth-order valence-corrected chi connectivity index (χ4v) is 4.08. The molecule has 2 aromatic heterocycles. The molecule has 0 N–H and O–H groups in total. The Labute approximate surface area is 148 Å². The van der Waals surface area contributed by atoms with Crippen molar-refractivity contribution in [1.29, 1.82) is 0 Å². The Morgan fingerprint density at radius 1 is 1.32 bits per heavy atom. The summed E-state index contributed by atoms with van der Waals surface area (Å²) in [6.07, 6.45) is 4.03. The lowest BCUT2D eigenvalue weighted by molar-refractivity contribution is -0.140. The van der Waals surface area contributed by atoms with E-state index in [4.69, 9.17) is 4.74 Å². The molecule has 6 heteroatoms. The van der Waals surface area contributed by atoms with Crippen LogP contribution < -0.4 is 0 Å². The first-order valence-corrected chi connectivity index (χ1v) is 9.14. The predicted octanol–water partition coefficient (Wildman–Crippen LogP) is 1.57. The Kier molecular flexibility index (Phi) is 4.48. The van der Waals surface area contributed by atoms with Gasteiger partial charge in [-0.25, -0.2) is 4.98 Å². The Morgan fingerprint density at radius 2 is 2.12 bits per heavy atom. The summed E-state index contributed by atoms with van der Waals surface area (Å²) >= 11 is 0. The van der Waals surface area contributed by atoms with E-state index >= 15 is 0 Å². The molecule has 0 spiro atoms. The average molecular weight is 342 g/mol. The van der Waals surface area contributed by atoms with E-state index < -0.39 is 0 Å². The molecule has 0 aromatic carbocycles. The zero-order chi connectivity index (χ0) is 17.4. The highest BCUT2D eigenvalue weighted by Gasteiger charge is 2.37. The Morgan fingerprint density at radius 3 is 2.92 bits per heavy atom. The minimum atomic E-state index is 0.0963. The number of aryl methyl sites for hydroxylation is 1. The van der Waals surface area contributed by atoms with Crippen LogP contribution in [0.25, 0.3) is 5.65 Å². The standard InChI is InChI=1S/C19H26N4O2/c1-14-4-3-5-23-16(10-20-18(14)23)12-21-11-15(2)17(13-21)19(24)22-6-8-25-9-7-22/h3-5,10,15,17H,6-9,11-13H2,1-2H3/t15-,17-/m1/s1. The fraction of sp³-hybridized carbons (Fsp3) is 0.579. The summed E-state index contributed by atoms with van der Waals surface area (Å²) in [7, 11) is 0. The third-order valence-corrected chi connectivity index (χ3v) is 5.52. The van der Waals surface area contributed by atoms with Crippen LogP contribution in [0.1, 0.15) is 18.2 Å². The number of likely N-dealkylation sites (tertiary alicyclic amines) is 1. The number of hydrogen-bond donors (Lipinski definition) is 0. The number of fused-ring (bicyclic) bond motifs is 1. The van der Waals surface area contributed by atoms with Crippen LogP contribution in [0.4, 0.5) is 0 Å². The molecule has 0 saturated carbocycles. The maximum absolute atomic E-state index is 12.8. The van der Waals surface area contributed by atoms with Crippen LogP contribution in [0.2, 0.25) is 0 Å². The molecule has 4 rings (SSSR count). The van der Waals surface area contributed by atoms with Gasteiger partial charge >= 0.3 is 0 Å². The van der Waals surface area contributed by atoms with E-state index in [-0.39, 0.29) is 5.92 Å². The molecule has 134 valence electrons. The van der Waals surface area contributed by atoms with Crippen molar-refractivity contribution in [1.82, 2.24) is 19.2 Å². The highest BCUT2D eigenvalue weighted by atomic mass is 16.5. The number of aromatic nitrogens is 2. The van der Waals surface area contributed by atoms with Crippen molar-refractivity contribution in [2.45, 2.75) is 20.4 Å². The van der Waals surface area contributed by atoms with Gasteiger partial charge in [-0.1, -0.05) is 13.0 Å². The normalized spacial score (nSPS) is 25.0. The number of pyridine rings is 1. The molecule has 2 aliphatic rings. The predicted molar refractivity (Wildman–Crippen MR) is 95.3 cm³/mol. The average Bonchev–Trinajstić information content (AvgIpc) is 3.20. The highest BCUT2D eigenvalue weighted by Crippen LogP contribution is 2.27. The number of nitrogens with zero attached hydrogens (tertiary/aromatic N) is 4. The van der Waals surface area contributed by atoms with Gasteiger partial charge in [0.05, 0.1) is 31.0 Å². The molecule has 0 radical (unpaired) electrons. The van der Waals surface area contributed by atoms with Crippen molar-refractivity contribution in [3.05, 3.63) is 35.8 Å². The minimum Gasteiger partial charge on any atom is -0.378 e. The van der Waals surface area contributed by atoms with Gasteiger partial charge in [0.15, 0.2) is 0 Å². The molecule has 25 heavy (non-hydrogen) atoms. The van der Waals surface area contributed by atoms with E-state index in [9.17, 15) is 4.79 Å². The molecule has 1 amide bonds. The molecule has 0 unspecified atom stereocenters. The Balaban J connectivity index is 1.45. The molecule has 4 heterocycles. The lowest BCUT2D eigenvalue weighted by Gasteiger charge is -2.30. The summed E-state index contributed by atoms with van der Waals surface area (Å²) < 4.78 is 7.53. The topological polar surface area (TPSA) is 50.1 Å². The maximum Gasteiger partial charge on any atom is 0.227 e. The highest BCUT2D eigenvalue weighted by molar-refractivity contribution is 5.79. The molecule has 2 aliphatic heterocycles. The second kappa shape index (κ2) is 6.77. The summed E-state index contributed by atoms with van der Waals surface area (Å²) in [5.41, 5.74) is 3.39. The number of imidazole rings is 1. The maximum atomic E-state index is 12.8. The van der Waals surface area contributed by atoms with Crippen molar-refractivity contribution in [2.75, 3.05) is 39.4 Å². The van der Waals surface area contributed by atoms with Gasteiger partial charge in [-0.2, -0.15) is 0 Å². The van der Waals surface area contributed by atoms with Crippen LogP contribution in [-0.4, -0.2) is 64.5 Å². The summed E-state index contributed by atoms with van der Waals surface area (Å²) in [6.45, 7) is 9.69. The number of hydrogen-bond acceptors (Lipinski definition) is 4. The van der Waals surface area contributed by atoms with Gasteiger partial charge in [-0.15, -0.1) is 0 Å². The smallest absolute Gasteiger partial charge is 0.227 e. The third kappa shape index (κ3) is 3.16. The Hall–Kier alpha value is -1.92. The van der Waals surface area contributed by atoms with Crippen LogP contribution in [0.5, 0.6) is 0 Å². The number of morpholine rings is 1. The monoisotopic (exact) mass is 342 g/mol. The zero-order valence-electron chi connectivity index (χ0n) is 15.0. The van der Waals surface area contributed by atoms with Gasteiger partial charge in [-0.05, 0) is 24.5 Å². The quantitative estimate of drug-likeness (QED) is 0.850. The van der Waals surface area contributed by atoms with Crippen LogP contribution in [0.3, 0.4) is 0 Å². The Bertz CT molecular complexity index is 766. The van der Waals surface area contributed by atoms with Crippen LogP contribution in [0.15, 0.2) is 24.5 Å². The lowest BCUT2D eigenvalue weighted by Crippen LogP contribution is -2.45. The number of ether oxygens (including phenoxy) is 1. The second-order valence-corrected chi connectivity index (χ2v) is 7.35. The number of carbonyl (C=O) groups excluding carboxylic acids is 1. The molecule has 2 aromatic rings. The molecule has 0 bridgehead atoms. The molecule has 2 saturated heterocycles. The van der Waals surface area contributed by atoms with Gasteiger partial charge in [0.1, 0.15) is 5.65 Å². The van der Waals surface area contributed by atoms with E-state index in [2.05, 4.69) is 46.5 Å². The molecule has 6 nitrogen and oxygen atoms in total. The minimum absolute atomic E-state index is 0.0963. The summed E-state index contributed by atoms with van der Waals surface area (Å²) in [4.78, 5) is 21.8. The first kappa shape index (κ1) is 16.5. The molecular formula is C19H26N4O2. The SMILES string of the molecule is Cc1cccn2c(CN3C[C@@H](C)[C@H](C(=O)N4CCOCC4)C3)cnc12. The molecule has 2 fully saturated rings. The first-order chi connectivity index (χ1) is 12.1. The van der Waals surface area contributed by atoms with Crippen LogP contribution >= 0.6 is 0 Å². The van der Waals surface area contributed by atoms with Crippen molar-refractivity contribution in [2.24, 2.45) is 11.8 Å². The van der Waals surface area contributed by atoms with E-state index in [0.717, 1.165) is 38.4 Å². The van der Waals surface area contributed by atoms with Crippen LogP contribution in [-0.2, 0) is 16.1 Å². The van der Waals surface area contributed by atoms with Crippen molar-refractivity contribution < 1.29 is 9.53 Å². The second-order valence-electron chi connectivity index (χ2n) is 7.35. The number of rotatable bonds is 3. The number of carbonyl (C=O) groups is 1. The largest absolute Gasteiger partial charge is 0.378 e. The molecule has 2 atom stereocenters. The van der Waals surface area contributed by atoms with E-state index in [0.29, 0.717) is 25.0 Å². The van der Waals surface area contributed by atoms with E-state index in [1.165, 1.54) is 11.3 Å². The van der Waals surface area contributed by atoms with Gasteiger partial charge in [-0.3, -0.25) is 9.69 Å². The molecule has 0 aliphatic carbocycles. The van der Waals surface area contributed by atoms with Gasteiger partial charge < -0.3 is 14.0 Å². The third-order valence-electron chi connectivity index (χ3n) is 5.52. The lowest BCUT2D eigenvalue weighted by atomic mass is 9.96. The molecular weight excluding hydrogens is 316 g/mol. The van der Waals surface area contributed by atoms with Gasteiger partial charge in [0, 0.05) is 38.9 Å². The van der Waals surface area contributed by atoms with Crippen molar-refractivity contribution >= 4 is 11.6 Å². The van der Waals surface area contributed by atoms with E-state index in [1.54, 1.807) is 0 Å². The zero-order valence-corrected chi connectivity index (χ0v) is 15.0. The van der Waals surface area contributed by atoms with Crippen LogP contribution in [0, 0.1) is 18.8 Å². The summed E-state index contributed by atoms with van der Waals surface area (Å²) in [6, 6.07) is 4.14. The summed E-state index contributed by atoms with van der Waals surface area (Å²) in [5, 5.41) is 0. The number of amides is 1. The van der Waals surface area contributed by atoms with Gasteiger partial charge in [0.25, 0.3) is 0 Å². The van der Waals surface area contributed by atoms with E-state index in [1.807, 2.05) is 11.1 Å².